The number of guanidine groups is 1. The van der Waals surface area contributed by atoms with Gasteiger partial charge in [-0.3, -0.25) is 4.79 Å². The standard InChI is InChI=1S/C19H32N6O.HI/c1-5-21-19(22-14-16-7-6-8-17(23-16)24(3)4)25-11-9-15(10-12-25)13-18(26)20-2;/h6-8,15H,5,9-14H2,1-4H3,(H,20,26)(H,21,22);1H. The highest BCUT2D eigenvalue weighted by Gasteiger charge is 2.23. The molecule has 27 heavy (non-hydrogen) atoms. The van der Waals surface area contributed by atoms with E-state index in [0.717, 1.165) is 49.9 Å². The highest BCUT2D eigenvalue weighted by molar-refractivity contribution is 14.0. The molecule has 2 N–H and O–H groups in total. The smallest absolute Gasteiger partial charge is 0.220 e. The minimum atomic E-state index is 0. The molecule has 1 aromatic rings. The number of aliphatic imine (C=N–C) groups is 1. The zero-order chi connectivity index (χ0) is 18.9. The number of amides is 1. The number of carbonyl (C=O) groups is 1. The number of nitrogens with zero attached hydrogens (tertiary/aromatic N) is 4. The second kappa shape index (κ2) is 12.0. The Labute approximate surface area is 180 Å². The molecule has 7 nitrogen and oxygen atoms in total. The molecular formula is C19H33IN6O. The number of nitrogens with one attached hydrogen (secondary N) is 2. The zero-order valence-corrected chi connectivity index (χ0v) is 19.2. The van der Waals surface area contributed by atoms with Crippen LogP contribution in [0.5, 0.6) is 0 Å². The van der Waals surface area contributed by atoms with Crippen LogP contribution in [0.2, 0.25) is 0 Å². The van der Waals surface area contributed by atoms with Gasteiger partial charge in [0.15, 0.2) is 5.96 Å². The first-order chi connectivity index (χ1) is 12.5. The number of aromatic nitrogens is 1. The van der Waals surface area contributed by atoms with E-state index in [1.165, 1.54) is 0 Å². The Morgan fingerprint density at radius 2 is 2.04 bits per heavy atom. The first-order valence-electron chi connectivity index (χ1n) is 9.40. The van der Waals surface area contributed by atoms with Crippen LogP contribution in [0.25, 0.3) is 0 Å². The van der Waals surface area contributed by atoms with Crippen LogP contribution >= 0.6 is 24.0 Å². The molecule has 0 unspecified atom stereocenters. The van der Waals surface area contributed by atoms with E-state index in [-0.39, 0.29) is 29.9 Å². The number of piperidine rings is 1. The van der Waals surface area contributed by atoms with E-state index in [0.29, 0.717) is 18.9 Å². The third-order valence-corrected chi connectivity index (χ3v) is 4.64. The average Bonchev–Trinajstić information content (AvgIpc) is 2.66. The summed E-state index contributed by atoms with van der Waals surface area (Å²) in [7, 11) is 5.68. The van der Waals surface area contributed by atoms with Gasteiger partial charge in [0.25, 0.3) is 0 Å². The monoisotopic (exact) mass is 488 g/mol. The van der Waals surface area contributed by atoms with Crippen molar-refractivity contribution in [2.24, 2.45) is 10.9 Å². The van der Waals surface area contributed by atoms with Gasteiger partial charge < -0.3 is 20.4 Å². The highest BCUT2D eigenvalue weighted by atomic mass is 127. The normalized spacial score (nSPS) is 15.1. The van der Waals surface area contributed by atoms with Crippen LogP contribution in [0, 0.1) is 5.92 Å². The predicted molar refractivity (Wildman–Crippen MR) is 122 cm³/mol. The molecule has 2 rings (SSSR count). The van der Waals surface area contributed by atoms with Gasteiger partial charge in [-0.1, -0.05) is 6.07 Å². The fourth-order valence-electron chi connectivity index (χ4n) is 3.10. The molecule has 1 amide bonds. The van der Waals surface area contributed by atoms with E-state index in [2.05, 4.69) is 27.4 Å². The molecule has 0 aromatic carbocycles. The molecule has 0 atom stereocenters. The van der Waals surface area contributed by atoms with Gasteiger partial charge in [0, 0.05) is 47.2 Å². The molecule has 0 radical (unpaired) electrons. The number of carbonyl (C=O) groups excluding carboxylic acids is 1. The Morgan fingerprint density at radius 1 is 1.33 bits per heavy atom. The topological polar surface area (TPSA) is 72.9 Å². The third-order valence-electron chi connectivity index (χ3n) is 4.64. The molecular weight excluding hydrogens is 455 g/mol. The SMILES string of the molecule is CCNC(=NCc1cccc(N(C)C)n1)N1CCC(CC(=O)NC)CC1.I. The molecule has 1 aromatic heterocycles. The zero-order valence-electron chi connectivity index (χ0n) is 16.9. The van der Waals surface area contributed by atoms with E-state index in [4.69, 9.17) is 4.99 Å². The summed E-state index contributed by atoms with van der Waals surface area (Å²) in [4.78, 5) is 25.3. The van der Waals surface area contributed by atoms with Gasteiger partial charge in [-0.25, -0.2) is 9.98 Å². The average molecular weight is 488 g/mol. The number of hydrogen-bond donors (Lipinski definition) is 2. The second-order valence-electron chi connectivity index (χ2n) is 6.86. The molecule has 0 spiro atoms. The van der Waals surface area contributed by atoms with Crippen molar-refractivity contribution in [2.45, 2.75) is 32.7 Å². The minimum Gasteiger partial charge on any atom is -0.363 e. The summed E-state index contributed by atoms with van der Waals surface area (Å²) in [6.07, 6.45) is 2.66. The maximum Gasteiger partial charge on any atom is 0.220 e. The second-order valence-corrected chi connectivity index (χ2v) is 6.86. The highest BCUT2D eigenvalue weighted by Crippen LogP contribution is 2.20. The Balaban J connectivity index is 0.00000364. The number of hydrogen-bond acceptors (Lipinski definition) is 4. The Hall–Kier alpha value is -1.58. The van der Waals surface area contributed by atoms with Crippen LogP contribution in [-0.4, -0.2) is 62.5 Å². The fourth-order valence-corrected chi connectivity index (χ4v) is 3.10. The van der Waals surface area contributed by atoms with Crippen LogP contribution in [-0.2, 0) is 11.3 Å². The summed E-state index contributed by atoms with van der Waals surface area (Å²) in [6.45, 7) is 5.33. The largest absolute Gasteiger partial charge is 0.363 e. The lowest BCUT2D eigenvalue weighted by molar-refractivity contribution is -0.121. The van der Waals surface area contributed by atoms with Crippen LogP contribution < -0.4 is 15.5 Å². The van der Waals surface area contributed by atoms with Crippen molar-refractivity contribution in [1.82, 2.24) is 20.5 Å². The van der Waals surface area contributed by atoms with E-state index >= 15 is 0 Å². The molecule has 2 heterocycles. The van der Waals surface area contributed by atoms with Crippen LogP contribution in [0.1, 0.15) is 31.9 Å². The fraction of sp³-hybridized carbons (Fsp3) is 0.632. The lowest BCUT2D eigenvalue weighted by Gasteiger charge is -2.34. The van der Waals surface area contributed by atoms with Crippen molar-refractivity contribution in [2.75, 3.05) is 45.7 Å². The summed E-state index contributed by atoms with van der Waals surface area (Å²) >= 11 is 0. The molecule has 0 bridgehead atoms. The van der Waals surface area contributed by atoms with Gasteiger partial charge in [-0.05, 0) is 37.8 Å². The number of pyridine rings is 1. The maximum absolute atomic E-state index is 11.6. The summed E-state index contributed by atoms with van der Waals surface area (Å²) in [5.41, 5.74) is 0.959. The molecule has 0 saturated carbocycles. The van der Waals surface area contributed by atoms with Crippen LogP contribution in [0.15, 0.2) is 23.2 Å². The Bertz CT molecular complexity index is 614. The number of rotatable bonds is 6. The number of halogens is 1. The van der Waals surface area contributed by atoms with E-state index in [1.807, 2.05) is 37.2 Å². The van der Waals surface area contributed by atoms with E-state index in [9.17, 15) is 4.79 Å². The summed E-state index contributed by atoms with van der Waals surface area (Å²) in [5, 5.41) is 6.10. The molecule has 1 saturated heterocycles. The third kappa shape index (κ3) is 7.51. The van der Waals surface area contributed by atoms with Crippen molar-refractivity contribution >= 4 is 41.7 Å². The quantitative estimate of drug-likeness (QED) is 0.365. The van der Waals surface area contributed by atoms with Gasteiger partial charge in [-0.15, -0.1) is 24.0 Å². The summed E-state index contributed by atoms with van der Waals surface area (Å²) in [5.74, 6) is 2.48. The van der Waals surface area contributed by atoms with E-state index in [1.54, 1.807) is 7.05 Å². The predicted octanol–water partition coefficient (Wildman–Crippen LogP) is 2.08. The minimum absolute atomic E-state index is 0. The van der Waals surface area contributed by atoms with Crippen molar-refractivity contribution in [1.29, 1.82) is 0 Å². The molecule has 8 heteroatoms. The van der Waals surface area contributed by atoms with Gasteiger partial charge in [0.05, 0.1) is 12.2 Å². The summed E-state index contributed by atoms with van der Waals surface area (Å²) in [6, 6.07) is 6.02. The first-order valence-corrected chi connectivity index (χ1v) is 9.40. The van der Waals surface area contributed by atoms with Crippen LogP contribution in [0.3, 0.4) is 0 Å². The van der Waals surface area contributed by atoms with Crippen molar-refractivity contribution in [3.05, 3.63) is 23.9 Å². The lowest BCUT2D eigenvalue weighted by atomic mass is 9.93. The number of likely N-dealkylation sites (tertiary alicyclic amines) is 1. The first kappa shape index (κ1) is 23.5. The van der Waals surface area contributed by atoms with E-state index < -0.39 is 0 Å². The Kier molecular flexibility index (Phi) is 10.4. The summed E-state index contributed by atoms with van der Waals surface area (Å²) < 4.78 is 0. The number of anilines is 1. The molecule has 0 aliphatic carbocycles. The molecule has 1 fully saturated rings. The van der Waals surface area contributed by atoms with Gasteiger partial charge in [0.2, 0.25) is 5.91 Å². The molecule has 152 valence electrons. The van der Waals surface area contributed by atoms with Crippen LogP contribution in [0.4, 0.5) is 5.82 Å². The Morgan fingerprint density at radius 3 is 2.63 bits per heavy atom. The van der Waals surface area contributed by atoms with Crippen molar-refractivity contribution < 1.29 is 4.79 Å². The maximum atomic E-state index is 11.6. The lowest BCUT2D eigenvalue weighted by Crippen LogP contribution is -2.46. The van der Waals surface area contributed by atoms with Gasteiger partial charge >= 0.3 is 0 Å². The van der Waals surface area contributed by atoms with Gasteiger partial charge in [-0.2, -0.15) is 0 Å². The van der Waals surface area contributed by atoms with Crippen molar-refractivity contribution in [3.8, 4) is 0 Å². The molecule has 1 aliphatic rings. The van der Waals surface area contributed by atoms with Crippen molar-refractivity contribution in [3.63, 3.8) is 0 Å². The van der Waals surface area contributed by atoms with Gasteiger partial charge in [0.1, 0.15) is 5.82 Å². The molecule has 1 aliphatic heterocycles.